The Morgan fingerprint density at radius 2 is 1.72 bits per heavy atom. The molecule has 2 aromatic rings. The van der Waals surface area contributed by atoms with Crippen molar-refractivity contribution in [2.75, 3.05) is 0 Å². The molecule has 0 spiro atoms. The largest absolute Gasteiger partial charge is 0.416 e. The number of rotatable bonds is 4. The Balaban J connectivity index is 2.14. The molecule has 1 atom stereocenters. The minimum atomic E-state index is -4.43. The molecule has 0 aliphatic heterocycles. The van der Waals surface area contributed by atoms with Crippen molar-refractivity contribution in [3.8, 4) is 6.07 Å². The van der Waals surface area contributed by atoms with Gasteiger partial charge in [0.2, 0.25) is 0 Å². The Bertz CT molecular complexity index is 803. The smallest absolute Gasteiger partial charge is 0.345 e. The van der Waals surface area contributed by atoms with Crippen LogP contribution in [0.15, 0.2) is 60.2 Å². The lowest BCUT2D eigenvalue weighted by Gasteiger charge is -2.13. The molecule has 0 saturated carbocycles. The topological polar surface area (TPSA) is 52.9 Å². The van der Waals surface area contributed by atoms with E-state index in [1.54, 1.807) is 13.0 Å². The van der Waals surface area contributed by atoms with Crippen LogP contribution in [0.5, 0.6) is 0 Å². The van der Waals surface area contributed by atoms with Crippen molar-refractivity contribution in [1.29, 1.82) is 5.26 Å². The Hall–Kier alpha value is -3.07. The van der Waals surface area contributed by atoms with Crippen LogP contribution in [-0.2, 0) is 11.0 Å². The number of nitriles is 1. The van der Waals surface area contributed by atoms with Gasteiger partial charge < -0.3 is 5.32 Å². The molecule has 2 aromatic carbocycles. The normalized spacial score (nSPS) is 13.0. The number of alkyl halides is 3. The summed E-state index contributed by atoms with van der Waals surface area (Å²) < 4.78 is 37.6. The number of nitrogens with one attached hydrogen (secondary N) is 1. The summed E-state index contributed by atoms with van der Waals surface area (Å²) in [6, 6.07) is 14.9. The van der Waals surface area contributed by atoms with E-state index in [2.05, 4.69) is 5.32 Å². The zero-order chi connectivity index (χ0) is 18.4. The second-order valence-corrected chi connectivity index (χ2v) is 5.40. The highest BCUT2D eigenvalue weighted by Crippen LogP contribution is 2.29. The van der Waals surface area contributed by atoms with Crippen LogP contribution in [0, 0.1) is 11.3 Å². The third-order valence-corrected chi connectivity index (χ3v) is 3.56. The lowest BCUT2D eigenvalue weighted by Crippen LogP contribution is -2.27. The van der Waals surface area contributed by atoms with Gasteiger partial charge in [-0.15, -0.1) is 0 Å². The van der Waals surface area contributed by atoms with Crippen molar-refractivity contribution in [2.45, 2.75) is 19.1 Å². The Morgan fingerprint density at radius 3 is 2.24 bits per heavy atom. The molecule has 0 heterocycles. The number of hydrogen-bond acceptors (Lipinski definition) is 2. The number of carbonyl (C=O) groups excluding carboxylic acids is 1. The SMILES string of the molecule is CC(NC(=O)C(C#N)=Cc1ccc(C(F)(F)F)cc1)c1ccccc1. The Kier molecular flexibility index (Phi) is 5.60. The fourth-order valence-corrected chi connectivity index (χ4v) is 2.18. The summed E-state index contributed by atoms with van der Waals surface area (Å²) >= 11 is 0. The molecular weight excluding hydrogens is 329 g/mol. The van der Waals surface area contributed by atoms with E-state index in [4.69, 9.17) is 5.26 Å². The van der Waals surface area contributed by atoms with E-state index >= 15 is 0 Å². The first-order valence-electron chi connectivity index (χ1n) is 7.46. The van der Waals surface area contributed by atoms with Gasteiger partial charge >= 0.3 is 6.18 Å². The molecule has 128 valence electrons. The van der Waals surface area contributed by atoms with Crippen LogP contribution in [0.1, 0.15) is 29.7 Å². The standard InChI is InChI=1S/C19H15F3N2O/c1-13(15-5-3-2-4-6-15)24-18(25)16(12-23)11-14-7-9-17(10-8-14)19(20,21)22/h2-11,13H,1H3,(H,24,25). The minimum absolute atomic E-state index is 0.178. The molecule has 0 fully saturated rings. The Labute approximate surface area is 143 Å². The van der Waals surface area contributed by atoms with Gasteiger partial charge in [-0.3, -0.25) is 4.79 Å². The van der Waals surface area contributed by atoms with Crippen molar-refractivity contribution in [3.05, 3.63) is 76.9 Å². The third-order valence-electron chi connectivity index (χ3n) is 3.56. The van der Waals surface area contributed by atoms with E-state index < -0.39 is 17.6 Å². The summed E-state index contributed by atoms with van der Waals surface area (Å²) in [5.41, 5.74) is 0.252. The van der Waals surface area contributed by atoms with E-state index in [9.17, 15) is 18.0 Å². The second-order valence-electron chi connectivity index (χ2n) is 5.40. The van der Waals surface area contributed by atoms with Crippen molar-refractivity contribution in [3.63, 3.8) is 0 Å². The number of halogens is 3. The first kappa shape index (κ1) is 18.3. The molecule has 1 unspecified atom stereocenters. The van der Waals surface area contributed by atoms with Crippen molar-refractivity contribution < 1.29 is 18.0 Å². The molecule has 6 heteroatoms. The molecule has 0 saturated heterocycles. The zero-order valence-electron chi connectivity index (χ0n) is 13.3. The predicted octanol–water partition coefficient (Wildman–Crippen LogP) is 4.49. The predicted molar refractivity (Wildman–Crippen MR) is 88.0 cm³/mol. The van der Waals surface area contributed by atoms with Gasteiger partial charge in [0.25, 0.3) is 5.91 Å². The van der Waals surface area contributed by atoms with Gasteiger partial charge in [-0.2, -0.15) is 18.4 Å². The van der Waals surface area contributed by atoms with Crippen LogP contribution in [0.4, 0.5) is 13.2 Å². The molecular formula is C19H15F3N2O. The molecule has 0 aromatic heterocycles. The van der Waals surface area contributed by atoms with E-state index in [0.717, 1.165) is 17.7 Å². The average Bonchev–Trinajstić information content (AvgIpc) is 2.60. The molecule has 1 N–H and O–H groups in total. The highest BCUT2D eigenvalue weighted by Gasteiger charge is 2.29. The van der Waals surface area contributed by atoms with Crippen LogP contribution < -0.4 is 5.32 Å². The van der Waals surface area contributed by atoms with Gasteiger partial charge in [-0.25, -0.2) is 0 Å². The maximum absolute atomic E-state index is 12.5. The second kappa shape index (κ2) is 7.67. The molecule has 0 aliphatic carbocycles. The lowest BCUT2D eigenvalue weighted by molar-refractivity contribution is -0.137. The first-order chi connectivity index (χ1) is 11.8. The highest BCUT2D eigenvalue weighted by molar-refractivity contribution is 6.01. The van der Waals surface area contributed by atoms with Crippen LogP contribution >= 0.6 is 0 Å². The maximum Gasteiger partial charge on any atom is 0.416 e. The van der Waals surface area contributed by atoms with Crippen molar-refractivity contribution in [1.82, 2.24) is 5.32 Å². The zero-order valence-corrected chi connectivity index (χ0v) is 13.3. The molecule has 3 nitrogen and oxygen atoms in total. The fraction of sp³-hybridized carbons (Fsp3) is 0.158. The number of carbonyl (C=O) groups is 1. The van der Waals surface area contributed by atoms with Crippen molar-refractivity contribution >= 4 is 12.0 Å². The molecule has 25 heavy (non-hydrogen) atoms. The van der Waals surface area contributed by atoms with E-state index in [1.807, 2.05) is 30.3 Å². The van der Waals surface area contributed by atoms with Gasteiger partial charge in [0, 0.05) is 0 Å². The molecule has 0 bridgehead atoms. The number of amides is 1. The molecule has 1 amide bonds. The highest BCUT2D eigenvalue weighted by atomic mass is 19.4. The maximum atomic E-state index is 12.5. The quantitative estimate of drug-likeness (QED) is 0.656. The molecule has 2 rings (SSSR count). The fourth-order valence-electron chi connectivity index (χ4n) is 2.18. The van der Waals surface area contributed by atoms with Crippen LogP contribution in [-0.4, -0.2) is 5.91 Å². The van der Waals surface area contributed by atoms with Gasteiger partial charge in [0.1, 0.15) is 11.6 Å². The van der Waals surface area contributed by atoms with Crippen LogP contribution in [0.25, 0.3) is 6.08 Å². The summed E-state index contributed by atoms with van der Waals surface area (Å²) in [6.07, 6.45) is -3.17. The van der Waals surface area contributed by atoms with Crippen LogP contribution in [0.3, 0.4) is 0 Å². The summed E-state index contributed by atoms with van der Waals surface area (Å²) in [4.78, 5) is 12.2. The number of benzene rings is 2. The van der Waals surface area contributed by atoms with Crippen LogP contribution in [0.2, 0.25) is 0 Å². The summed E-state index contributed by atoms with van der Waals surface area (Å²) in [6.45, 7) is 1.78. The van der Waals surface area contributed by atoms with E-state index in [-0.39, 0.29) is 11.6 Å². The monoisotopic (exact) mass is 344 g/mol. The van der Waals surface area contributed by atoms with Gasteiger partial charge in [0.05, 0.1) is 11.6 Å². The van der Waals surface area contributed by atoms with Crippen molar-refractivity contribution in [2.24, 2.45) is 0 Å². The van der Waals surface area contributed by atoms with E-state index in [1.165, 1.54) is 18.2 Å². The summed E-state index contributed by atoms with van der Waals surface area (Å²) in [5.74, 6) is -0.584. The van der Waals surface area contributed by atoms with E-state index in [0.29, 0.717) is 5.56 Å². The van der Waals surface area contributed by atoms with Gasteiger partial charge in [-0.05, 0) is 36.3 Å². The minimum Gasteiger partial charge on any atom is -0.345 e. The molecule has 0 radical (unpaired) electrons. The average molecular weight is 344 g/mol. The van der Waals surface area contributed by atoms with Gasteiger partial charge in [0.15, 0.2) is 0 Å². The van der Waals surface area contributed by atoms with Gasteiger partial charge in [-0.1, -0.05) is 42.5 Å². The Morgan fingerprint density at radius 1 is 1.12 bits per heavy atom. The molecule has 0 aliphatic rings. The third kappa shape index (κ3) is 4.95. The summed E-state index contributed by atoms with van der Waals surface area (Å²) in [7, 11) is 0. The number of nitrogens with zero attached hydrogens (tertiary/aromatic N) is 1. The lowest BCUT2D eigenvalue weighted by atomic mass is 10.1. The summed E-state index contributed by atoms with van der Waals surface area (Å²) in [5, 5.41) is 11.9. The number of hydrogen-bond donors (Lipinski definition) is 1. The first-order valence-corrected chi connectivity index (χ1v) is 7.46.